The van der Waals surface area contributed by atoms with Crippen molar-refractivity contribution >= 4 is 23.5 Å². The van der Waals surface area contributed by atoms with Crippen LogP contribution in [0.25, 0.3) is 6.08 Å². The smallest absolute Gasteiger partial charge is 0.313 e. The van der Waals surface area contributed by atoms with Crippen molar-refractivity contribution in [2.45, 2.75) is 51.4 Å². The molecule has 0 saturated carbocycles. The highest BCUT2D eigenvalue weighted by molar-refractivity contribution is 6.06. The van der Waals surface area contributed by atoms with Crippen LogP contribution < -0.4 is 19.5 Å². The van der Waals surface area contributed by atoms with Gasteiger partial charge in [-0.15, -0.1) is 0 Å². The van der Waals surface area contributed by atoms with Crippen molar-refractivity contribution < 1.29 is 23.8 Å². The van der Waals surface area contributed by atoms with Gasteiger partial charge in [-0.2, -0.15) is 0 Å². The van der Waals surface area contributed by atoms with E-state index in [2.05, 4.69) is 5.32 Å². The lowest BCUT2D eigenvalue weighted by Gasteiger charge is -2.37. The molecule has 6 heteroatoms. The first-order valence-electron chi connectivity index (χ1n) is 10.2. The third kappa shape index (κ3) is 3.03. The normalized spacial score (nSPS) is 23.3. The van der Waals surface area contributed by atoms with Crippen LogP contribution >= 0.6 is 0 Å². The Hall–Kier alpha value is -3.28. The van der Waals surface area contributed by atoms with E-state index in [9.17, 15) is 9.59 Å². The molecule has 0 spiro atoms. The average molecular weight is 405 g/mol. The van der Waals surface area contributed by atoms with Gasteiger partial charge in [0.25, 0.3) is 0 Å². The van der Waals surface area contributed by atoms with Gasteiger partial charge in [-0.05, 0) is 45.1 Å². The number of carbonyl (C=O) groups excluding carboxylic acids is 2. The molecule has 2 unspecified atom stereocenters. The number of hydrogen-bond acceptors (Lipinski definition) is 6. The van der Waals surface area contributed by atoms with Gasteiger partial charge < -0.3 is 19.5 Å². The van der Waals surface area contributed by atoms with Gasteiger partial charge in [-0.1, -0.05) is 18.2 Å². The summed E-state index contributed by atoms with van der Waals surface area (Å²) >= 11 is 0. The van der Waals surface area contributed by atoms with Gasteiger partial charge in [0.1, 0.15) is 28.8 Å². The Kier molecular flexibility index (Phi) is 4.13. The van der Waals surface area contributed by atoms with Crippen LogP contribution in [0.5, 0.6) is 17.2 Å². The number of esters is 1. The molecule has 0 fully saturated rings. The first-order chi connectivity index (χ1) is 14.3. The number of hydrogen-bond donors (Lipinski definition) is 1. The third-order valence-electron chi connectivity index (χ3n) is 5.57. The summed E-state index contributed by atoms with van der Waals surface area (Å²) in [6.07, 6.45) is 4.00. The second kappa shape index (κ2) is 6.62. The Balaban J connectivity index is 1.75. The van der Waals surface area contributed by atoms with Crippen molar-refractivity contribution in [1.29, 1.82) is 0 Å². The summed E-state index contributed by atoms with van der Waals surface area (Å²) in [6, 6.07) is 9.26. The van der Waals surface area contributed by atoms with E-state index in [0.29, 0.717) is 22.6 Å². The minimum Gasteiger partial charge on any atom is -0.489 e. The van der Waals surface area contributed by atoms with Crippen molar-refractivity contribution in [3.8, 4) is 17.2 Å². The van der Waals surface area contributed by atoms with E-state index in [1.807, 2.05) is 63.3 Å². The van der Waals surface area contributed by atoms with Crippen LogP contribution in [-0.2, 0) is 4.79 Å². The fraction of sp³-hybridized carbons (Fsp3) is 0.333. The van der Waals surface area contributed by atoms with Gasteiger partial charge in [0.05, 0.1) is 23.6 Å². The van der Waals surface area contributed by atoms with E-state index in [1.54, 1.807) is 0 Å². The molecule has 5 rings (SSSR count). The van der Waals surface area contributed by atoms with Crippen LogP contribution in [0.3, 0.4) is 0 Å². The van der Waals surface area contributed by atoms with Gasteiger partial charge in [-0.3, -0.25) is 9.59 Å². The number of benzene rings is 2. The van der Waals surface area contributed by atoms with E-state index in [-0.39, 0.29) is 30.5 Å². The Bertz CT molecular complexity index is 1090. The molecular weight excluding hydrogens is 382 g/mol. The molecule has 6 nitrogen and oxygen atoms in total. The molecule has 0 bridgehead atoms. The number of Topliss-reactive ketones (excluding diaryl/α,β-unsaturated/α-hetero) is 1. The van der Waals surface area contributed by atoms with Gasteiger partial charge in [0.2, 0.25) is 0 Å². The number of nitrogens with one attached hydrogen (secondary N) is 1. The second-order valence-corrected chi connectivity index (χ2v) is 8.53. The predicted octanol–water partition coefficient (Wildman–Crippen LogP) is 4.69. The van der Waals surface area contributed by atoms with Crippen LogP contribution in [0, 0.1) is 0 Å². The Morgan fingerprint density at radius 2 is 1.80 bits per heavy atom. The van der Waals surface area contributed by atoms with Crippen molar-refractivity contribution in [1.82, 2.24) is 0 Å². The first-order valence-corrected chi connectivity index (χ1v) is 10.2. The van der Waals surface area contributed by atoms with Crippen molar-refractivity contribution in [3.63, 3.8) is 0 Å². The third-order valence-corrected chi connectivity index (χ3v) is 5.57. The fourth-order valence-electron chi connectivity index (χ4n) is 4.25. The lowest BCUT2D eigenvalue weighted by atomic mass is 9.86. The second-order valence-electron chi connectivity index (χ2n) is 8.53. The summed E-state index contributed by atoms with van der Waals surface area (Å²) in [5, 5.41) is 3.42. The molecule has 154 valence electrons. The molecule has 2 atom stereocenters. The highest BCUT2D eigenvalue weighted by Crippen LogP contribution is 2.54. The van der Waals surface area contributed by atoms with Crippen LogP contribution in [0.15, 0.2) is 36.4 Å². The summed E-state index contributed by atoms with van der Waals surface area (Å²) in [5.41, 5.74) is 2.08. The maximum atomic E-state index is 13.0. The molecule has 1 N–H and O–H groups in total. The lowest BCUT2D eigenvalue weighted by molar-refractivity contribution is -0.135. The number of carbonyl (C=O) groups is 2. The van der Waals surface area contributed by atoms with Crippen molar-refractivity contribution in [2.75, 3.05) is 5.32 Å². The highest BCUT2D eigenvalue weighted by atomic mass is 16.5. The Labute approximate surface area is 174 Å². The molecule has 0 aromatic heterocycles. The molecule has 0 amide bonds. The summed E-state index contributed by atoms with van der Waals surface area (Å²) in [7, 11) is 0. The largest absolute Gasteiger partial charge is 0.489 e. The molecule has 30 heavy (non-hydrogen) atoms. The summed E-state index contributed by atoms with van der Waals surface area (Å²) < 4.78 is 18.1. The molecule has 2 aromatic carbocycles. The number of ether oxygens (including phenoxy) is 3. The van der Waals surface area contributed by atoms with Crippen LogP contribution in [0.1, 0.15) is 61.1 Å². The molecular formula is C24H23NO5. The number of fused-ring (bicyclic) bond motifs is 6. The number of ketones is 1. The van der Waals surface area contributed by atoms with Gasteiger partial charge in [0, 0.05) is 12.1 Å². The number of para-hydroxylation sites is 1. The zero-order chi connectivity index (χ0) is 21.0. The molecule has 0 aliphatic carbocycles. The quantitative estimate of drug-likeness (QED) is 0.577. The molecule has 3 aliphatic rings. The topological polar surface area (TPSA) is 73.9 Å². The van der Waals surface area contributed by atoms with Crippen LogP contribution in [-0.4, -0.2) is 23.5 Å². The van der Waals surface area contributed by atoms with Crippen LogP contribution in [0.4, 0.5) is 5.69 Å². The van der Waals surface area contributed by atoms with Gasteiger partial charge >= 0.3 is 5.97 Å². The molecule has 3 heterocycles. The number of rotatable bonds is 2. The Morgan fingerprint density at radius 3 is 2.57 bits per heavy atom. The van der Waals surface area contributed by atoms with E-state index in [4.69, 9.17) is 14.2 Å². The number of anilines is 1. The molecule has 0 radical (unpaired) electrons. The van der Waals surface area contributed by atoms with E-state index in [1.165, 1.54) is 0 Å². The summed E-state index contributed by atoms with van der Waals surface area (Å²) in [5.74, 6) is 0.812. The van der Waals surface area contributed by atoms with E-state index >= 15 is 0 Å². The maximum Gasteiger partial charge on any atom is 0.313 e. The van der Waals surface area contributed by atoms with E-state index < -0.39 is 17.6 Å². The fourth-order valence-corrected chi connectivity index (χ4v) is 4.25. The first kappa shape index (κ1) is 18.7. The molecule has 3 aliphatic heterocycles. The zero-order valence-electron chi connectivity index (χ0n) is 17.2. The average Bonchev–Trinajstić information content (AvgIpc) is 2.67. The Morgan fingerprint density at radius 1 is 1.03 bits per heavy atom. The summed E-state index contributed by atoms with van der Waals surface area (Å²) in [6.45, 7) is 5.78. The standard InChI is InChI=1S/C24H23NO5/c1-13-11-17(26)20-21(28-13)15-9-10-24(2,3)30-22(15)19-16(12-18(27)29-23(19)20)25-14-7-5-4-6-8-14/h4-10,13,16,25H,11-12H2,1-3H3. The van der Waals surface area contributed by atoms with Gasteiger partial charge in [-0.25, -0.2) is 0 Å². The maximum absolute atomic E-state index is 13.0. The molecule has 2 aromatic rings. The van der Waals surface area contributed by atoms with Crippen molar-refractivity contribution in [3.05, 3.63) is 53.1 Å². The zero-order valence-corrected chi connectivity index (χ0v) is 17.2. The van der Waals surface area contributed by atoms with Crippen molar-refractivity contribution in [2.24, 2.45) is 0 Å². The monoisotopic (exact) mass is 405 g/mol. The SMILES string of the molecule is CC1CC(=O)c2c(c3c(c4c2OC(=O)CC4Nc2ccccc2)OC(C)(C)C=C3)O1. The highest BCUT2D eigenvalue weighted by Gasteiger charge is 2.42. The van der Waals surface area contributed by atoms with Gasteiger partial charge in [0.15, 0.2) is 11.5 Å². The predicted molar refractivity (Wildman–Crippen MR) is 112 cm³/mol. The summed E-state index contributed by atoms with van der Waals surface area (Å²) in [4.78, 5) is 25.5. The molecule has 0 saturated heterocycles. The minimum atomic E-state index is -0.544. The van der Waals surface area contributed by atoms with Crippen LogP contribution in [0.2, 0.25) is 0 Å². The minimum absolute atomic E-state index is 0.0887. The lowest BCUT2D eigenvalue weighted by Crippen LogP contribution is -2.34. The van der Waals surface area contributed by atoms with E-state index in [0.717, 1.165) is 11.3 Å².